The number of benzene rings is 1. The van der Waals surface area contributed by atoms with Crippen LogP contribution in [0.5, 0.6) is 0 Å². The molecular weight excluding hydrogens is 314 g/mol. The first kappa shape index (κ1) is 16.1. The van der Waals surface area contributed by atoms with E-state index in [1.807, 2.05) is 24.4 Å². The number of hydrogen-bond acceptors (Lipinski definition) is 4. The van der Waals surface area contributed by atoms with Gasteiger partial charge in [0.1, 0.15) is 0 Å². The fourth-order valence-electron chi connectivity index (χ4n) is 3.35. The quantitative estimate of drug-likeness (QED) is 0.735. The Labute approximate surface area is 146 Å². The first-order chi connectivity index (χ1) is 12.3. The molecule has 1 fully saturated rings. The standard InChI is InChI=1S/C19H23N5O/c25-18-12-17(7-6-15-4-2-1-3-5-15)22-19-16(13-21-24(18)19)14-23-10-8-20-9-11-23/h1-5,12-13,20-21H,6-11,14H2. The summed E-state index contributed by atoms with van der Waals surface area (Å²) in [5.74, 6) is 0. The van der Waals surface area contributed by atoms with Crippen LogP contribution in [0.2, 0.25) is 0 Å². The third-order valence-corrected chi connectivity index (χ3v) is 4.74. The highest BCUT2D eigenvalue weighted by molar-refractivity contribution is 5.46. The lowest BCUT2D eigenvalue weighted by Crippen LogP contribution is -2.42. The smallest absolute Gasteiger partial charge is 0.272 e. The Morgan fingerprint density at radius 1 is 1.08 bits per heavy atom. The van der Waals surface area contributed by atoms with Gasteiger partial charge in [-0.1, -0.05) is 30.3 Å². The summed E-state index contributed by atoms with van der Waals surface area (Å²) in [5, 5.41) is 6.41. The van der Waals surface area contributed by atoms with Crippen molar-refractivity contribution in [2.45, 2.75) is 19.4 Å². The Morgan fingerprint density at radius 3 is 2.68 bits per heavy atom. The van der Waals surface area contributed by atoms with Crippen LogP contribution < -0.4 is 10.9 Å². The number of aromatic nitrogens is 3. The summed E-state index contributed by atoms with van der Waals surface area (Å²) in [6.07, 6.45) is 3.57. The summed E-state index contributed by atoms with van der Waals surface area (Å²) in [4.78, 5) is 19.5. The van der Waals surface area contributed by atoms with Crippen molar-refractivity contribution >= 4 is 5.65 Å². The number of rotatable bonds is 5. The van der Waals surface area contributed by atoms with Gasteiger partial charge in [0.05, 0.1) is 0 Å². The van der Waals surface area contributed by atoms with Crippen molar-refractivity contribution in [1.82, 2.24) is 24.8 Å². The van der Waals surface area contributed by atoms with Crippen LogP contribution in [0.3, 0.4) is 0 Å². The van der Waals surface area contributed by atoms with E-state index in [0.29, 0.717) is 0 Å². The molecule has 0 spiro atoms. The van der Waals surface area contributed by atoms with E-state index < -0.39 is 0 Å². The Bertz CT molecular complexity index is 893. The van der Waals surface area contributed by atoms with Crippen molar-refractivity contribution in [3.05, 3.63) is 69.8 Å². The van der Waals surface area contributed by atoms with E-state index in [0.717, 1.165) is 62.5 Å². The van der Waals surface area contributed by atoms with E-state index in [1.165, 1.54) is 5.56 Å². The SMILES string of the molecule is O=c1cc(CCc2ccccc2)nc2c(CN3CCNCC3)c[nH]n12. The van der Waals surface area contributed by atoms with Gasteiger partial charge in [-0.3, -0.25) is 14.8 Å². The highest BCUT2D eigenvalue weighted by Crippen LogP contribution is 2.12. The van der Waals surface area contributed by atoms with Crippen LogP contribution >= 0.6 is 0 Å². The number of nitrogens with one attached hydrogen (secondary N) is 2. The molecule has 0 amide bonds. The molecule has 2 N–H and O–H groups in total. The number of nitrogens with zero attached hydrogens (tertiary/aromatic N) is 3. The van der Waals surface area contributed by atoms with Gasteiger partial charge in [-0.25, -0.2) is 9.50 Å². The second-order valence-electron chi connectivity index (χ2n) is 6.56. The van der Waals surface area contributed by atoms with E-state index in [1.54, 1.807) is 10.6 Å². The molecule has 6 nitrogen and oxygen atoms in total. The van der Waals surface area contributed by atoms with Gasteiger partial charge >= 0.3 is 0 Å². The first-order valence-electron chi connectivity index (χ1n) is 8.85. The number of hydrogen-bond donors (Lipinski definition) is 2. The van der Waals surface area contributed by atoms with Crippen molar-refractivity contribution in [2.75, 3.05) is 26.2 Å². The Kier molecular flexibility index (Phi) is 4.63. The van der Waals surface area contributed by atoms with Crippen LogP contribution in [0, 0.1) is 0 Å². The van der Waals surface area contributed by atoms with Gasteiger partial charge in [0.25, 0.3) is 5.56 Å². The highest BCUT2D eigenvalue weighted by atomic mass is 16.1. The number of H-pyrrole nitrogens is 1. The van der Waals surface area contributed by atoms with E-state index in [2.05, 4.69) is 27.4 Å². The molecule has 1 aliphatic rings. The maximum atomic E-state index is 12.4. The van der Waals surface area contributed by atoms with E-state index in [9.17, 15) is 4.79 Å². The van der Waals surface area contributed by atoms with E-state index in [4.69, 9.17) is 4.98 Å². The summed E-state index contributed by atoms with van der Waals surface area (Å²) in [7, 11) is 0. The van der Waals surface area contributed by atoms with Crippen LogP contribution in [-0.4, -0.2) is 45.7 Å². The van der Waals surface area contributed by atoms with E-state index in [-0.39, 0.29) is 5.56 Å². The molecule has 3 aromatic rings. The van der Waals surface area contributed by atoms with Crippen LogP contribution in [0.25, 0.3) is 5.65 Å². The van der Waals surface area contributed by atoms with Gasteiger partial charge in [0, 0.05) is 56.2 Å². The molecule has 0 bridgehead atoms. The van der Waals surface area contributed by atoms with Gasteiger partial charge in [-0.15, -0.1) is 0 Å². The maximum absolute atomic E-state index is 12.4. The molecular formula is C19H23N5O. The number of fused-ring (bicyclic) bond motifs is 1. The summed E-state index contributed by atoms with van der Waals surface area (Å²) in [5.41, 5.74) is 3.92. The molecule has 0 saturated carbocycles. The zero-order chi connectivity index (χ0) is 17.1. The minimum atomic E-state index is -0.0420. The Hall–Kier alpha value is -2.44. The summed E-state index contributed by atoms with van der Waals surface area (Å²) >= 11 is 0. The molecule has 25 heavy (non-hydrogen) atoms. The van der Waals surface area contributed by atoms with Crippen molar-refractivity contribution in [2.24, 2.45) is 0 Å². The lowest BCUT2D eigenvalue weighted by molar-refractivity contribution is 0.234. The number of aromatic amines is 1. The number of aryl methyl sites for hydroxylation is 2. The predicted octanol–water partition coefficient (Wildman–Crippen LogP) is 1.21. The zero-order valence-electron chi connectivity index (χ0n) is 14.2. The van der Waals surface area contributed by atoms with Gasteiger partial charge in [-0.05, 0) is 18.4 Å². The molecule has 1 saturated heterocycles. The molecule has 130 valence electrons. The van der Waals surface area contributed by atoms with Gasteiger partial charge in [0.15, 0.2) is 5.65 Å². The third-order valence-electron chi connectivity index (χ3n) is 4.74. The molecule has 6 heteroatoms. The summed E-state index contributed by atoms with van der Waals surface area (Å²) < 4.78 is 1.55. The third kappa shape index (κ3) is 3.65. The number of piperazine rings is 1. The Balaban J connectivity index is 1.56. The van der Waals surface area contributed by atoms with Crippen LogP contribution in [0.4, 0.5) is 0 Å². The van der Waals surface area contributed by atoms with Crippen molar-refractivity contribution in [3.63, 3.8) is 0 Å². The molecule has 0 unspecified atom stereocenters. The average Bonchev–Trinajstić information content (AvgIpc) is 3.05. The molecule has 1 aliphatic heterocycles. The fraction of sp³-hybridized carbons (Fsp3) is 0.368. The lowest BCUT2D eigenvalue weighted by Gasteiger charge is -2.26. The molecule has 0 atom stereocenters. The minimum Gasteiger partial charge on any atom is -0.314 e. The lowest BCUT2D eigenvalue weighted by atomic mass is 10.1. The average molecular weight is 337 g/mol. The molecule has 3 heterocycles. The van der Waals surface area contributed by atoms with Gasteiger partial charge in [-0.2, -0.15) is 0 Å². The van der Waals surface area contributed by atoms with Crippen LogP contribution in [-0.2, 0) is 19.4 Å². The van der Waals surface area contributed by atoms with Crippen molar-refractivity contribution in [1.29, 1.82) is 0 Å². The molecule has 4 rings (SSSR count). The van der Waals surface area contributed by atoms with Crippen molar-refractivity contribution in [3.8, 4) is 0 Å². The molecule has 1 aromatic carbocycles. The minimum absolute atomic E-state index is 0.0420. The summed E-state index contributed by atoms with van der Waals surface area (Å²) in [6.45, 7) is 4.89. The predicted molar refractivity (Wildman–Crippen MR) is 97.8 cm³/mol. The second kappa shape index (κ2) is 7.21. The topological polar surface area (TPSA) is 65.4 Å². The Morgan fingerprint density at radius 2 is 1.88 bits per heavy atom. The zero-order valence-corrected chi connectivity index (χ0v) is 14.2. The van der Waals surface area contributed by atoms with Crippen LogP contribution in [0.15, 0.2) is 47.4 Å². The monoisotopic (exact) mass is 337 g/mol. The first-order valence-corrected chi connectivity index (χ1v) is 8.85. The van der Waals surface area contributed by atoms with Crippen molar-refractivity contribution < 1.29 is 0 Å². The second-order valence-corrected chi connectivity index (χ2v) is 6.56. The normalized spacial score (nSPS) is 15.7. The molecule has 0 radical (unpaired) electrons. The van der Waals surface area contributed by atoms with Gasteiger partial charge < -0.3 is 5.32 Å². The highest BCUT2D eigenvalue weighted by Gasteiger charge is 2.14. The molecule has 2 aromatic heterocycles. The summed E-state index contributed by atoms with van der Waals surface area (Å²) in [6, 6.07) is 12.0. The van der Waals surface area contributed by atoms with Gasteiger partial charge in [0.2, 0.25) is 0 Å². The fourth-order valence-corrected chi connectivity index (χ4v) is 3.35. The maximum Gasteiger partial charge on any atom is 0.272 e. The largest absolute Gasteiger partial charge is 0.314 e. The molecule has 0 aliphatic carbocycles. The van der Waals surface area contributed by atoms with Crippen LogP contribution in [0.1, 0.15) is 16.8 Å². The van der Waals surface area contributed by atoms with E-state index >= 15 is 0 Å².